The first-order chi connectivity index (χ1) is 10.3. The summed E-state index contributed by atoms with van der Waals surface area (Å²) >= 11 is 0. The van der Waals surface area contributed by atoms with E-state index in [0.29, 0.717) is 11.3 Å². The van der Waals surface area contributed by atoms with E-state index in [1.165, 1.54) is 6.92 Å². The lowest BCUT2D eigenvalue weighted by atomic mass is 10.2. The second kappa shape index (κ2) is 8.70. The molecule has 0 spiro atoms. The predicted octanol–water partition coefficient (Wildman–Crippen LogP) is 2.45. The first-order valence-electron chi connectivity index (χ1n) is 6.41. The molecule has 1 unspecified atom stereocenters. The number of esters is 1. The summed E-state index contributed by atoms with van der Waals surface area (Å²) in [6.45, 7) is 4.39. The largest absolute Gasteiger partial charge is 0.497 e. The number of ether oxygens (including phenoxy) is 2. The van der Waals surface area contributed by atoms with Gasteiger partial charge < -0.3 is 14.4 Å². The second-order valence-corrected chi connectivity index (χ2v) is 5.79. The van der Waals surface area contributed by atoms with E-state index in [0.717, 1.165) is 0 Å². The van der Waals surface area contributed by atoms with Crippen molar-refractivity contribution in [3.63, 3.8) is 0 Å². The lowest BCUT2D eigenvalue weighted by molar-refractivity contribution is -0.139. The van der Waals surface area contributed by atoms with E-state index >= 15 is 0 Å². The molecular weight excluding hydrogens is 311 g/mol. The van der Waals surface area contributed by atoms with Gasteiger partial charge in [-0.3, -0.25) is 9.05 Å². The Bertz CT molecular complexity index is 553. The van der Waals surface area contributed by atoms with Crippen LogP contribution < -0.4 is 4.74 Å². The molecule has 122 valence electrons. The minimum atomic E-state index is -4.21. The van der Waals surface area contributed by atoms with Gasteiger partial charge in [-0.05, 0) is 24.6 Å². The highest BCUT2D eigenvalue weighted by atomic mass is 31.2. The molecule has 0 aliphatic rings. The molecule has 1 aromatic carbocycles. The van der Waals surface area contributed by atoms with Crippen LogP contribution in [0.4, 0.5) is 0 Å². The number of carbonyl (C=O) groups excluding carboxylic acids is 1. The summed E-state index contributed by atoms with van der Waals surface area (Å²) < 4.78 is 30.9. The van der Waals surface area contributed by atoms with Gasteiger partial charge in [0.1, 0.15) is 12.4 Å². The van der Waals surface area contributed by atoms with Crippen LogP contribution in [-0.4, -0.2) is 31.2 Å². The van der Waals surface area contributed by atoms with Crippen molar-refractivity contribution in [2.45, 2.75) is 13.5 Å². The molecule has 0 aliphatic heterocycles. The lowest BCUT2D eigenvalue weighted by Gasteiger charge is -2.12. The van der Waals surface area contributed by atoms with E-state index in [2.05, 4.69) is 11.1 Å². The van der Waals surface area contributed by atoms with Gasteiger partial charge in [0.15, 0.2) is 0 Å². The van der Waals surface area contributed by atoms with Crippen molar-refractivity contribution in [2.75, 3.05) is 20.3 Å². The maximum atomic E-state index is 11.6. The Labute approximate surface area is 129 Å². The number of phosphoric ester groups is 1. The fourth-order valence-electron chi connectivity index (χ4n) is 1.33. The average Bonchev–Trinajstić information content (AvgIpc) is 2.50. The van der Waals surface area contributed by atoms with E-state index in [9.17, 15) is 14.3 Å². The van der Waals surface area contributed by atoms with E-state index in [1.807, 2.05) is 0 Å². The maximum absolute atomic E-state index is 11.6. The van der Waals surface area contributed by atoms with Gasteiger partial charge in [-0.2, -0.15) is 0 Å². The van der Waals surface area contributed by atoms with Crippen molar-refractivity contribution in [1.82, 2.24) is 0 Å². The molecule has 22 heavy (non-hydrogen) atoms. The highest BCUT2D eigenvalue weighted by molar-refractivity contribution is 7.47. The fraction of sp³-hybridized carbons (Fsp3) is 0.357. The van der Waals surface area contributed by atoms with Gasteiger partial charge in [0, 0.05) is 5.57 Å². The van der Waals surface area contributed by atoms with Crippen LogP contribution in [0.5, 0.6) is 5.75 Å². The van der Waals surface area contributed by atoms with Crippen molar-refractivity contribution >= 4 is 13.8 Å². The van der Waals surface area contributed by atoms with Gasteiger partial charge in [0.25, 0.3) is 0 Å². The first kappa shape index (κ1) is 18.4. The van der Waals surface area contributed by atoms with Gasteiger partial charge in [0.2, 0.25) is 0 Å². The summed E-state index contributed by atoms with van der Waals surface area (Å²) in [6.07, 6.45) is 0. The minimum absolute atomic E-state index is 0.0939. The third-order valence-corrected chi connectivity index (χ3v) is 3.44. The molecule has 0 saturated carbocycles. The van der Waals surface area contributed by atoms with Crippen molar-refractivity contribution in [1.29, 1.82) is 0 Å². The number of benzene rings is 1. The quantitative estimate of drug-likeness (QED) is 0.322. The van der Waals surface area contributed by atoms with Crippen LogP contribution in [0.1, 0.15) is 12.5 Å². The number of rotatable bonds is 9. The monoisotopic (exact) mass is 330 g/mol. The smallest absolute Gasteiger partial charge is 0.472 e. The zero-order valence-electron chi connectivity index (χ0n) is 12.5. The van der Waals surface area contributed by atoms with E-state index in [-0.39, 0.29) is 25.4 Å². The number of methoxy groups -OCH3 is 1. The second-order valence-electron chi connectivity index (χ2n) is 4.34. The molecule has 0 saturated heterocycles. The molecular formula is C14H19O7P. The molecule has 7 nitrogen and oxygen atoms in total. The van der Waals surface area contributed by atoms with Crippen LogP contribution in [0.2, 0.25) is 0 Å². The Morgan fingerprint density at radius 1 is 1.23 bits per heavy atom. The van der Waals surface area contributed by atoms with Crippen LogP contribution in [0, 0.1) is 0 Å². The molecule has 0 amide bonds. The SMILES string of the molecule is C=C(C)C(=O)OCCOP(=O)(O)OCc1ccc(OC)cc1. The number of carbonyl (C=O) groups is 1. The van der Waals surface area contributed by atoms with Gasteiger partial charge in [0.05, 0.1) is 20.3 Å². The Hall–Kier alpha value is -1.66. The zero-order chi connectivity index (χ0) is 16.6. The van der Waals surface area contributed by atoms with Crippen LogP contribution in [0.15, 0.2) is 36.4 Å². The molecule has 1 rings (SSSR count). The highest BCUT2D eigenvalue weighted by Gasteiger charge is 2.21. The first-order valence-corrected chi connectivity index (χ1v) is 7.91. The Morgan fingerprint density at radius 3 is 2.41 bits per heavy atom. The maximum Gasteiger partial charge on any atom is 0.472 e. The highest BCUT2D eigenvalue weighted by Crippen LogP contribution is 2.43. The van der Waals surface area contributed by atoms with Gasteiger partial charge in [-0.1, -0.05) is 18.7 Å². The molecule has 1 atom stereocenters. The van der Waals surface area contributed by atoms with E-state index in [1.54, 1.807) is 31.4 Å². The lowest BCUT2D eigenvalue weighted by Crippen LogP contribution is -2.10. The normalized spacial score (nSPS) is 13.2. The molecule has 0 bridgehead atoms. The number of hydrogen-bond donors (Lipinski definition) is 1. The summed E-state index contributed by atoms with van der Waals surface area (Å²) in [7, 11) is -2.66. The molecule has 0 radical (unpaired) electrons. The third kappa shape index (κ3) is 6.87. The van der Waals surface area contributed by atoms with Crippen LogP contribution in [-0.2, 0) is 29.8 Å². The van der Waals surface area contributed by atoms with Crippen molar-refractivity contribution in [2.24, 2.45) is 0 Å². The van der Waals surface area contributed by atoms with Crippen molar-refractivity contribution in [3.8, 4) is 5.75 Å². The van der Waals surface area contributed by atoms with Crippen molar-refractivity contribution in [3.05, 3.63) is 42.0 Å². The molecule has 1 N–H and O–H groups in total. The molecule has 0 aliphatic carbocycles. The fourth-order valence-corrected chi connectivity index (χ4v) is 2.02. The number of phosphoric acid groups is 1. The summed E-state index contributed by atoms with van der Waals surface area (Å²) in [6, 6.07) is 6.82. The van der Waals surface area contributed by atoms with Gasteiger partial charge in [-0.25, -0.2) is 9.36 Å². The van der Waals surface area contributed by atoms with Crippen LogP contribution in [0.25, 0.3) is 0 Å². The Morgan fingerprint density at radius 2 is 1.86 bits per heavy atom. The summed E-state index contributed by atoms with van der Waals surface area (Å²) in [5, 5.41) is 0. The van der Waals surface area contributed by atoms with Gasteiger partial charge in [-0.15, -0.1) is 0 Å². The summed E-state index contributed by atoms with van der Waals surface area (Å²) in [5.41, 5.74) is 0.926. The Balaban J connectivity index is 2.32. The number of hydrogen-bond acceptors (Lipinski definition) is 6. The molecule has 8 heteroatoms. The predicted molar refractivity (Wildman–Crippen MR) is 79.3 cm³/mol. The van der Waals surface area contributed by atoms with Crippen LogP contribution in [0.3, 0.4) is 0 Å². The minimum Gasteiger partial charge on any atom is -0.497 e. The standard InChI is InChI=1S/C14H19O7P/c1-11(2)14(15)19-8-9-20-22(16,17)21-10-12-4-6-13(18-3)7-5-12/h4-7H,1,8-10H2,2-3H3,(H,16,17). The van der Waals surface area contributed by atoms with E-state index < -0.39 is 13.8 Å². The van der Waals surface area contributed by atoms with Crippen molar-refractivity contribution < 1.29 is 32.8 Å². The average molecular weight is 330 g/mol. The molecule has 0 heterocycles. The van der Waals surface area contributed by atoms with E-state index in [4.69, 9.17) is 14.0 Å². The Kier molecular flexibility index (Phi) is 7.27. The topological polar surface area (TPSA) is 91.3 Å². The summed E-state index contributed by atoms with van der Waals surface area (Å²) in [4.78, 5) is 20.6. The van der Waals surface area contributed by atoms with Gasteiger partial charge >= 0.3 is 13.8 Å². The molecule has 0 fully saturated rings. The third-order valence-electron chi connectivity index (χ3n) is 2.47. The molecule has 0 aromatic heterocycles. The zero-order valence-corrected chi connectivity index (χ0v) is 13.4. The van der Waals surface area contributed by atoms with Crippen LogP contribution >= 0.6 is 7.82 Å². The molecule has 1 aromatic rings. The summed E-state index contributed by atoms with van der Waals surface area (Å²) in [5.74, 6) is 0.0852.